The molecular formula is C13H22N4O. The van der Waals surface area contributed by atoms with E-state index in [1.165, 1.54) is 0 Å². The molecule has 0 bridgehead atoms. The van der Waals surface area contributed by atoms with Crippen molar-refractivity contribution in [3.63, 3.8) is 0 Å². The fourth-order valence-corrected chi connectivity index (χ4v) is 2.16. The first-order valence-electron chi connectivity index (χ1n) is 6.57. The van der Waals surface area contributed by atoms with Crippen LogP contribution in [0.1, 0.15) is 24.9 Å². The molecule has 1 fully saturated rings. The van der Waals surface area contributed by atoms with Crippen LogP contribution in [0.4, 0.5) is 0 Å². The van der Waals surface area contributed by atoms with Crippen molar-refractivity contribution in [3.8, 4) is 0 Å². The van der Waals surface area contributed by atoms with Gasteiger partial charge in [-0.1, -0.05) is 0 Å². The summed E-state index contributed by atoms with van der Waals surface area (Å²) in [6, 6.07) is 2.86. The second-order valence-corrected chi connectivity index (χ2v) is 4.84. The lowest BCUT2D eigenvalue weighted by Crippen LogP contribution is -2.44. The van der Waals surface area contributed by atoms with E-state index in [0.717, 1.165) is 44.2 Å². The van der Waals surface area contributed by atoms with Gasteiger partial charge in [0, 0.05) is 31.4 Å². The molecule has 0 aliphatic carbocycles. The van der Waals surface area contributed by atoms with Gasteiger partial charge in [-0.25, -0.2) is 9.97 Å². The van der Waals surface area contributed by atoms with E-state index in [-0.39, 0.29) is 0 Å². The molecule has 1 aromatic heterocycles. The van der Waals surface area contributed by atoms with Gasteiger partial charge < -0.3 is 15.4 Å². The molecule has 2 heterocycles. The van der Waals surface area contributed by atoms with Crippen molar-refractivity contribution in [1.29, 1.82) is 0 Å². The lowest BCUT2D eigenvalue weighted by Gasteiger charge is -2.26. The largest absolute Gasteiger partial charge is 0.379 e. The minimum Gasteiger partial charge on any atom is -0.379 e. The third kappa shape index (κ3) is 4.33. The topological polar surface area (TPSA) is 59.1 Å². The van der Waals surface area contributed by atoms with Crippen LogP contribution in [0, 0.1) is 6.92 Å². The normalized spacial score (nSPS) is 21.8. The van der Waals surface area contributed by atoms with Crippen molar-refractivity contribution in [2.24, 2.45) is 0 Å². The maximum absolute atomic E-state index is 5.45. The zero-order chi connectivity index (χ0) is 12.8. The van der Waals surface area contributed by atoms with E-state index in [4.69, 9.17) is 4.74 Å². The Bertz CT molecular complexity index is 366. The van der Waals surface area contributed by atoms with Gasteiger partial charge in [0.15, 0.2) is 0 Å². The summed E-state index contributed by atoms with van der Waals surface area (Å²) in [7, 11) is 0. The molecule has 1 aliphatic rings. The molecule has 0 aromatic carbocycles. The van der Waals surface area contributed by atoms with Crippen molar-refractivity contribution in [2.75, 3.05) is 19.8 Å². The van der Waals surface area contributed by atoms with Gasteiger partial charge in [-0.3, -0.25) is 0 Å². The van der Waals surface area contributed by atoms with Gasteiger partial charge in [-0.15, -0.1) is 0 Å². The van der Waals surface area contributed by atoms with Crippen LogP contribution in [0.5, 0.6) is 0 Å². The van der Waals surface area contributed by atoms with Crippen LogP contribution in [0.15, 0.2) is 12.3 Å². The highest BCUT2D eigenvalue weighted by atomic mass is 16.5. The minimum absolute atomic E-state index is 0.444. The monoisotopic (exact) mass is 250 g/mol. The second-order valence-electron chi connectivity index (χ2n) is 4.84. The number of nitrogens with zero attached hydrogens (tertiary/aromatic N) is 2. The molecule has 5 heteroatoms. The average Bonchev–Trinajstić information content (AvgIpc) is 2.38. The first-order chi connectivity index (χ1) is 8.74. The summed E-state index contributed by atoms with van der Waals surface area (Å²) >= 11 is 0. The van der Waals surface area contributed by atoms with Crippen LogP contribution < -0.4 is 10.6 Å². The Labute approximate surface area is 108 Å². The Morgan fingerprint density at radius 1 is 1.61 bits per heavy atom. The van der Waals surface area contributed by atoms with Gasteiger partial charge in [-0.05, 0) is 26.3 Å². The summed E-state index contributed by atoms with van der Waals surface area (Å²) in [6.45, 7) is 7.51. The molecule has 0 saturated carbocycles. The Balaban J connectivity index is 1.72. The molecule has 2 atom stereocenters. The van der Waals surface area contributed by atoms with Crippen molar-refractivity contribution in [3.05, 3.63) is 23.8 Å². The minimum atomic E-state index is 0.444. The summed E-state index contributed by atoms with van der Waals surface area (Å²) in [5.74, 6) is 0.823. The number of aryl methyl sites for hydroxylation is 1. The molecule has 1 saturated heterocycles. The van der Waals surface area contributed by atoms with E-state index < -0.39 is 0 Å². The standard InChI is InChI=1S/C13H22N4O/c1-10(7-13-9-18-6-5-15-13)16-8-12-3-4-14-11(2)17-12/h3-4,10,13,15-16H,5-9H2,1-2H3. The predicted molar refractivity (Wildman–Crippen MR) is 70.3 cm³/mol. The third-order valence-electron chi connectivity index (χ3n) is 3.10. The lowest BCUT2D eigenvalue weighted by molar-refractivity contribution is 0.0712. The molecule has 2 unspecified atom stereocenters. The van der Waals surface area contributed by atoms with Gasteiger partial charge in [0.05, 0.1) is 18.9 Å². The van der Waals surface area contributed by atoms with E-state index in [1.807, 2.05) is 13.0 Å². The quantitative estimate of drug-likeness (QED) is 0.803. The number of rotatable bonds is 5. The van der Waals surface area contributed by atoms with Crippen molar-refractivity contribution < 1.29 is 4.74 Å². The molecule has 0 amide bonds. The summed E-state index contributed by atoms with van der Waals surface area (Å²) in [6.07, 6.45) is 2.88. The summed E-state index contributed by atoms with van der Waals surface area (Å²) in [5, 5.41) is 6.95. The Morgan fingerprint density at radius 3 is 3.22 bits per heavy atom. The fourth-order valence-electron chi connectivity index (χ4n) is 2.16. The number of hydrogen-bond donors (Lipinski definition) is 2. The van der Waals surface area contributed by atoms with Gasteiger partial charge in [0.2, 0.25) is 0 Å². The van der Waals surface area contributed by atoms with Crippen molar-refractivity contribution in [2.45, 2.75) is 38.9 Å². The summed E-state index contributed by atoms with van der Waals surface area (Å²) in [5.41, 5.74) is 1.04. The molecule has 1 aliphatic heterocycles. The van der Waals surface area contributed by atoms with E-state index in [9.17, 15) is 0 Å². The first-order valence-corrected chi connectivity index (χ1v) is 6.57. The van der Waals surface area contributed by atoms with Gasteiger partial charge in [0.1, 0.15) is 5.82 Å². The second kappa shape index (κ2) is 6.78. The first kappa shape index (κ1) is 13.4. The van der Waals surface area contributed by atoms with Crippen LogP contribution in [0.3, 0.4) is 0 Å². The van der Waals surface area contributed by atoms with Crippen molar-refractivity contribution in [1.82, 2.24) is 20.6 Å². The number of aromatic nitrogens is 2. The van der Waals surface area contributed by atoms with Crippen LogP contribution in [0.25, 0.3) is 0 Å². The highest BCUT2D eigenvalue weighted by Crippen LogP contribution is 2.03. The Hall–Kier alpha value is -1.04. The molecule has 2 rings (SSSR count). The van der Waals surface area contributed by atoms with Gasteiger partial charge >= 0.3 is 0 Å². The zero-order valence-electron chi connectivity index (χ0n) is 11.1. The molecular weight excluding hydrogens is 228 g/mol. The Morgan fingerprint density at radius 2 is 2.50 bits per heavy atom. The molecule has 18 heavy (non-hydrogen) atoms. The maximum Gasteiger partial charge on any atom is 0.125 e. The molecule has 1 aromatic rings. The third-order valence-corrected chi connectivity index (χ3v) is 3.10. The smallest absolute Gasteiger partial charge is 0.125 e. The van der Waals surface area contributed by atoms with Crippen LogP contribution in [-0.4, -0.2) is 41.8 Å². The van der Waals surface area contributed by atoms with E-state index in [2.05, 4.69) is 27.5 Å². The van der Waals surface area contributed by atoms with Crippen LogP contribution in [0.2, 0.25) is 0 Å². The SMILES string of the molecule is Cc1nccc(CNC(C)CC2COCCN2)n1. The van der Waals surface area contributed by atoms with Crippen molar-refractivity contribution >= 4 is 0 Å². The highest BCUT2D eigenvalue weighted by molar-refractivity contribution is 5.01. The Kier molecular flexibility index (Phi) is 5.04. The molecule has 0 radical (unpaired) electrons. The number of hydrogen-bond acceptors (Lipinski definition) is 5. The maximum atomic E-state index is 5.45. The lowest BCUT2D eigenvalue weighted by atomic mass is 10.1. The summed E-state index contributed by atoms with van der Waals surface area (Å²) < 4.78 is 5.45. The van der Waals surface area contributed by atoms with E-state index in [0.29, 0.717) is 12.1 Å². The van der Waals surface area contributed by atoms with Gasteiger partial charge in [-0.2, -0.15) is 0 Å². The van der Waals surface area contributed by atoms with Crippen LogP contribution in [-0.2, 0) is 11.3 Å². The number of nitrogens with one attached hydrogen (secondary N) is 2. The van der Waals surface area contributed by atoms with E-state index >= 15 is 0 Å². The zero-order valence-corrected chi connectivity index (χ0v) is 11.1. The summed E-state index contributed by atoms with van der Waals surface area (Å²) in [4.78, 5) is 8.47. The number of ether oxygens (including phenoxy) is 1. The molecule has 100 valence electrons. The predicted octanol–water partition coefficient (Wildman–Crippen LogP) is 0.642. The average molecular weight is 250 g/mol. The number of morpholine rings is 1. The van der Waals surface area contributed by atoms with Gasteiger partial charge in [0.25, 0.3) is 0 Å². The van der Waals surface area contributed by atoms with Crippen LogP contribution >= 0.6 is 0 Å². The van der Waals surface area contributed by atoms with E-state index in [1.54, 1.807) is 6.20 Å². The molecule has 2 N–H and O–H groups in total. The molecule has 5 nitrogen and oxygen atoms in total. The fraction of sp³-hybridized carbons (Fsp3) is 0.692. The molecule has 0 spiro atoms. The highest BCUT2D eigenvalue weighted by Gasteiger charge is 2.15.